The normalized spacial score (nSPS) is 11.5. The van der Waals surface area contributed by atoms with Crippen LogP contribution in [-0.2, 0) is 0 Å². The molecule has 0 bridgehead atoms. The summed E-state index contributed by atoms with van der Waals surface area (Å²) in [6.07, 6.45) is 0. The van der Waals surface area contributed by atoms with Crippen molar-refractivity contribution in [2.75, 3.05) is 0 Å². The highest BCUT2D eigenvalue weighted by atomic mass is 16.1. The molecule has 2 heterocycles. The number of aromatic nitrogens is 4. The van der Waals surface area contributed by atoms with Gasteiger partial charge in [-0.2, -0.15) is 0 Å². The first-order valence-electron chi connectivity index (χ1n) is 9.76. The van der Waals surface area contributed by atoms with Gasteiger partial charge in [-0.1, -0.05) is 48.5 Å². The van der Waals surface area contributed by atoms with Crippen molar-refractivity contribution in [3.05, 3.63) is 107 Å². The van der Waals surface area contributed by atoms with Crippen LogP contribution < -0.4 is 5.43 Å². The second-order valence-electron chi connectivity index (χ2n) is 7.17. The minimum atomic E-state index is 0.0397. The van der Waals surface area contributed by atoms with Crippen molar-refractivity contribution in [2.24, 2.45) is 0 Å². The van der Waals surface area contributed by atoms with Gasteiger partial charge in [0.1, 0.15) is 16.7 Å². The maximum Gasteiger partial charge on any atom is 0.197 e. The van der Waals surface area contributed by atoms with E-state index >= 15 is 0 Å². The molecule has 0 spiro atoms. The minimum absolute atomic E-state index is 0.0397. The number of rotatable bonds is 2. The third-order valence-electron chi connectivity index (χ3n) is 5.40. The van der Waals surface area contributed by atoms with Crippen molar-refractivity contribution in [1.29, 1.82) is 0 Å². The Hall–Kier alpha value is -4.25. The summed E-state index contributed by atoms with van der Waals surface area (Å²) in [4.78, 5) is 14.8. The van der Waals surface area contributed by atoms with Crippen LogP contribution in [0.3, 0.4) is 0 Å². The Morgan fingerprint density at radius 3 is 1.60 bits per heavy atom. The molecule has 4 aromatic carbocycles. The first-order valence-corrected chi connectivity index (χ1v) is 9.76. The van der Waals surface area contributed by atoms with Gasteiger partial charge < -0.3 is 4.57 Å². The van der Waals surface area contributed by atoms with Crippen LogP contribution in [0.4, 0.5) is 0 Å². The van der Waals surface area contributed by atoms with E-state index in [1.54, 1.807) is 4.80 Å². The van der Waals surface area contributed by atoms with E-state index < -0.39 is 0 Å². The van der Waals surface area contributed by atoms with Gasteiger partial charge in [-0.15, -0.1) is 15.0 Å². The zero-order chi connectivity index (χ0) is 20.1. The van der Waals surface area contributed by atoms with Gasteiger partial charge in [0.2, 0.25) is 0 Å². The molecular weight excluding hydrogens is 372 g/mol. The number of hydrogen-bond donors (Lipinski definition) is 0. The van der Waals surface area contributed by atoms with E-state index in [1.807, 2.05) is 97.1 Å². The molecule has 30 heavy (non-hydrogen) atoms. The van der Waals surface area contributed by atoms with Crippen LogP contribution in [0.5, 0.6) is 0 Å². The maximum absolute atomic E-state index is 13.1. The van der Waals surface area contributed by atoms with Crippen LogP contribution >= 0.6 is 0 Å². The molecule has 0 aliphatic heterocycles. The largest absolute Gasteiger partial charge is 0.307 e. The summed E-state index contributed by atoms with van der Waals surface area (Å²) >= 11 is 0. The van der Waals surface area contributed by atoms with Crippen LogP contribution in [-0.4, -0.2) is 19.6 Å². The van der Waals surface area contributed by atoms with Crippen molar-refractivity contribution < 1.29 is 0 Å². The van der Waals surface area contributed by atoms with Gasteiger partial charge in [-0.25, -0.2) is 0 Å². The van der Waals surface area contributed by atoms with Crippen LogP contribution in [0.25, 0.3) is 44.2 Å². The first-order chi connectivity index (χ1) is 14.8. The number of fused-ring (bicyclic) bond motifs is 3. The summed E-state index contributed by atoms with van der Waals surface area (Å²) in [7, 11) is 0. The summed E-state index contributed by atoms with van der Waals surface area (Å²) in [5, 5.41) is 10.7. The van der Waals surface area contributed by atoms with Gasteiger partial charge in [0, 0.05) is 10.8 Å². The molecule has 6 aromatic rings. The van der Waals surface area contributed by atoms with Crippen molar-refractivity contribution >= 4 is 32.8 Å². The summed E-state index contributed by atoms with van der Waals surface area (Å²) in [6.45, 7) is 0. The van der Waals surface area contributed by atoms with Gasteiger partial charge in [0.05, 0.1) is 16.7 Å². The Balaban J connectivity index is 1.75. The highest BCUT2D eigenvalue weighted by Gasteiger charge is 2.16. The smallest absolute Gasteiger partial charge is 0.197 e. The van der Waals surface area contributed by atoms with Gasteiger partial charge in [-0.3, -0.25) is 4.79 Å². The van der Waals surface area contributed by atoms with E-state index in [-0.39, 0.29) is 5.43 Å². The quantitative estimate of drug-likeness (QED) is 0.397. The average molecular weight is 388 g/mol. The molecule has 0 aliphatic carbocycles. The van der Waals surface area contributed by atoms with Crippen LogP contribution in [0.1, 0.15) is 0 Å². The van der Waals surface area contributed by atoms with Gasteiger partial charge in [0.25, 0.3) is 0 Å². The lowest BCUT2D eigenvalue weighted by atomic mass is 10.1. The predicted octanol–water partition coefficient (Wildman–Crippen LogP) is 4.88. The standard InChI is InChI=1S/C25H16N4O/c30-25-17-9-1-5-13-21(17)28(22-14-6-2-10-18(22)25)23-15-7-8-16-24(23)29-26-19-11-3-4-12-20(19)27-29/h1-16H. The molecule has 5 nitrogen and oxygen atoms in total. The predicted molar refractivity (Wildman–Crippen MR) is 119 cm³/mol. The number of para-hydroxylation sites is 4. The molecular formula is C25H16N4O. The average Bonchev–Trinajstić information content (AvgIpc) is 3.24. The highest BCUT2D eigenvalue weighted by molar-refractivity contribution is 5.95. The van der Waals surface area contributed by atoms with E-state index in [9.17, 15) is 4.79 Å². The minimum Gasteiger partial charge on any atom is -0.307 e. The van der Waals surface area contributed by atoms with E-state index in [4.69, 9.17) is 0 Å². The lowest BCUT2D eigenvalue weighted by Crippen LogP contribution is -2.12. The van der Waals surface area contributed by atoms with Crippen LogP contribution in [0, 0.1) is 0 Å². The summed E-state index contributed by atoms with van der Waals surface area (Å²) < 4.78 is 2.12. The number of hydrogen-bond acceptors (Lipinski definition) is 3. The van der Waals surface area contributed by atoms with Crippen molar-refractivity contribution in [1.82, 2.24) is 19.6 Å². The Bertz CT molecular complexity index is 1530. The highest BCUT2D eigenvalue weighted by Crippen LogP contribution is 2.27. The third kappa shape index (κ3) is 2.39. The molecule has 142 valence electrons. The Labute approximate surface area is 171 Å². The van der Waals surface area contributed by atoms with E-state index in [2.05, 4.69) is 14.8 Å². The lowest BCUT2D eigenvalue weighted by Gasteiger charge is -2.17. The molecule has 6 rings (SSSR count). The summed E-state index contributed by atoms with van der Waals surface area (Å²) in [5.41, 5.74) is 5.16. The Morgan fingerprint density at radius 1 is 0.533 bits per heavy atom. The fourth-order valence-corrected chi connectivity index (χ4v) is 4.05. The number of benzene rings is 4. The summed E-state index contributed by atoms with van der Waals surface area (Å²) in [5.74, 6) is 0. The van der Waals surface area contributed by atoms with Crippen LogP contribution in [0.2, 0.25) is 0 Å². The molecule has 2 aromatic heterocycles. The fraction of sp³-hybridized carbons (Fsp3) is 0. The first kappa shape index (κ1) is 16.7. The Morgan fingerprint density at radius 2 is 1.00 bits per heavy atom. The van der Waals surface area contributed by atoms with Crippen molar-refractivity contribution in [3.8, 4) is 11.4 Å². The third-order valence-corrected chi connectivity index (χ3v) is 5.40. The number of nitrogens with zero attached hydrogens (tertiary/aromatic N) is 4. The monoisotopic (exact) mass is 388 g/mol. The SMILES string of the molecule is O=c1c2ccccc2n(-c2ccccc2-n2nc3ccccc3n2)c2ccccc12. The zero-order valence-corrected chi connectivity index (χ0v) is 15.9. The van der Waals surface area contributed by atoms with Crippen molar-refractivity contribution in [2.45, 2.75) is 0 Å². The molecule has 0 N–H and O–H groups in total. The zero-order valence-electron chi connectivity index (χ0n) is 15.9. The molecule has 0 aliphatic rings. The second-order valence-corrected chi connectivity index (χ2v) is 7.17. The van der Waals surface area contributed by atoms with Gasteiger partial charge >= 0.3 is 0 Å². The second kappa shape index (κ2) is 6.39. The maximum atomic E-state index is 13.1. The number of pyridine rings is 1. The molecule has 0 amide bonds. The molecule has 0 atom stereocenters. The van der Waals surface area contributed by atoms with E-state index in [0.29, 0.717) is 10.8 Å². The molecule has 0 unspecified atom stereocenters. The van der Waals surface area contributed by atoms with Crippen LogP contribution in [0.15, 0.2) is 102 Å². The van der Waals surface area contributed by atoms with Gasteiger partial charge in [-0.05, 0) is 48.5 Å². The van der Waals surface area contributed by atoms with E-state index in [0.717, 1.165) is 33.4 Å². The molecule has 0 saturated carbocycles. The van der Waals surface area contributed by atoms with E-state index in [1.165, 1.54) is 0 Å². The summed E-state index contributed by atoms with van der Waals surface area (Å²) in [6, 6.07) is 31.2. The van der Waals surface area contributed by atoms with Gasteiger partial charge in [0.15, 0.2) is 5.43 Å². The molecule has 0 saturated heterocycles. The molecule has 0 radical (unpaired) electrons. The Kier molecular flexibility index (Phi) is 3.55. The lowest BCUT2D eigenvalue weighted by molar-refractivity contribution is 0.760. The van der Waals surface area contributed by atoms with Crippen molar-refractivity contribution in [3.63, 3.8) is 0 Å². The topological polar surface area (TPSA) is 52.7 Å². The molecule has 0 fully saturated rings. The molecule has 5 heteroatoms. The fourth-order valence-electron chi connectivity index (χ4n) is 4.05.